The zero-order chi connectivity index (χ0) is 16.0. The van der Waals surface area contributed by atoms with Crippen LogP contribution in [0.4, 0.5) is 5.82 Å². The number of hydrogen-bond donors (Lipinski definition) is 1. The molecule has 0 radical (unpaired) electrons. The maximum absolute atomic E-state index is 12.1. The van der Waals surface area contributed by atoms with Gasteiger partial charge < -0.3 is 15.1 Å². The fourth-order valence-electron chi connectivity index (χ4n) is 3.38. The van der Waals surface area contributed by atoms with Crippen molar-refractivity contribution in [2.45, 2.75) is 31.2 Å². The van der Waals surface area contributed by atoms with Crippen LogP contribution in [0.1, 0.15) is 31.0 Å². The van der Waals surface area contributed by atoms with E-state index < -0.39 is 0 Å². The molecule has 1 atom stereocenters. The molecular formula is C16H21N5O2. The van der Waals surface area contributed by atoms with Gasteiger partial charge in [0.2, 0.25) is 11.8 Å². The molecule has 0 aromatic carbocycles. The Bertz CT molecular complexity index is 639. The lowest BCUT2D eigenvalue weighted by atomic mass is 10.1. The summed E-state index contributed by atoms with van der Waals surface area (Å²) in [6.45, 7) is 2.11. The molecule has 1 aromatic heterocycles. The molecule has 23 heavy (non-hydrogen) atoms. The van der Waals surface area contributed by atoms with Crippen LogP contribution in [-0.4, -0.2) is 59.4 Å². The van der Waals surface area contributed by atoms with Crippen LogP contribution in [-0.2, 0) is 9.59 Å². The zero-order valence-electron chi connectivity index (χ0n) is 13.2. The van der Waals surface area contributed by atoms with E-state index in [4.69, 9.17) is 0 Å². The smallest absolute Gasteiger partial charge is 0.225 e. The molecule has 2 amide bonds. The average Bonchev–Trinajstić information content (AvgIpc) is 3.30. The van der Waals surface area contributed by atoms with Crippen LogP contribution in [0.5, 0.6) is 0 Å². The molecule has 122 valence electrons. The molecule has 4 rings (SSSR count). The van der Waals surface area contributed by atoms with Gasteiger partial charge in [0.1, 0.15) is 11.6 Å². The lowest BCUT2D eigenvalue weighted by Gasteiger charge is -2.44. The standard InChI is InChI=1S/C16H21N5O2/c1-17-16(23)11-6-14(22)21(7-11)12-8-20(9-12)13-4-5-18-15(19-13)10-2-3-10/h4-5,10-12H,2-3,6-9H2,1H3,(H,17,23). The summed E-state index contributed by atoms with van der Waals surface area (Å²) in [4.78, 5) is 36.9. The van der Waals surface area contributed by atoms with Gasteiger partial charge in [-0.15, -0.1) is 0 Å². The number of carbonyl (C=O) groups excluding carboxylic acids is 2. The highest BCUT2D eigenvalue weighted by Crippen LogP contribution is 2.38. The van der Waals surface area contributed by atoms with E-state index in [9.17, 15) is 9.59 Å². The molecule has 0 bridgehead atoms. The molecule has 7 heteroatoms. The molecule has 1 unspecified atom stereocenters. The number of aromatic nitrogens is 2. The normalized spacial score (nSPS) is 24.7. The quantitative estimate of drug-likeness (QED) is 0.855. The van der Waals surface area contributed by atoms with E-state index in [0.29, 0.717) is 18.9 Å². The highest BCUT2D eigenvalue weighted by molar-refractivity contribution is 5.89. The van der Waals surface area contributed by atoms with Crippen LogP contribution in [0.15, 0.2) is 12.3 Å². The minimum Gasteiger partial charge on any atom is -0.359 e. The second-order valence-corrected chi connectivity index (χ2v) is 6.67. The second kappa shape index (κ2) is 5.47. The SMILES string of the molecule is CNC(=O)C1CC(=O)N(C2CN(c3ccnc(C4CC4)n3)C2)C1. The molecule has 1 aromatic rings. The Morgan fingerprint density at radius 3 is 2.78 bits per heavy atom. The molecule has 0 spiro atoms. The maximum atomic E-state index is 12.1. The van der Waals surface area contributed by atoms with Crippen LogP contribution >= 0.6 is 0 Å². The maximum Gasteiger partial charge on any atom is 0.225 e. The number of nitrogens with one attached hydrogen (secondary N) is 1. The van der Waals surface area contributed by atoms with Gasteiger partial charge in [0, 0.05) is 45.2 Å². The van der Waals surface area contributed by atoms with Gasteiger partial charge in [0.15, 0.2) is 0 Å². The average molecular weight is 315 g/mol. The molecule has 2 aliphatic heterocycles. The Labute approximate surface area is 135 Å². The van der Waals surface area contributed by atoms with Crippen molar-refractivity contribution in [2.24, 2.45) is 5.92 Å². The van der Waals surface area contributed by atoms with Crippen molar-refractivity contribution < 1.29 is 9.59 Å². The van der Waals surface area contributed by atoms with Gasteiger partial charge in [-0.25, -0.2) is 9.97 Å². The molecule has 7 nitrogen and oxygen atoms in total. The van der Waals surface area contributed by atoms with Gasteiger partial charge in [0.05, 0.1) is 12.0 Å². The van der Waals surface area contributed by atoms with Crippen LogP contribution in [0.3, 0.4) is 0 Å². The predicted octanol–water partition coefficient (Wildman–Crippen LogP) is 0.137. The van der Waals surface area contributed by atoms with E-state index >= 15 is 0 Å². The molecule has 1 aliphatic carbocycles. The van der Waals surface area contributed by atoms with Crippen molar-refractivity contribution in [3.63, 3.8) is 0 Å². The Morgan fingerprint density at radius 1 is 1.30 bits per heavy atom. The first-order valence-corrected chi connectivity index (χ1v) is 8.24. The molecule has 1 saturated carbocycles. The molecule has 3 aliphatic rings. The Balaban J connectivity index is 1.37. The summed E-state index contributed by atoms with van der Waals surface area (Å²) in [7, 11) is 1.62. The van der Waals surface area contributed by atoms with E-state index in [1.807, 2.05) is 17.2 Å². The van der Waals surface area contributed by atoms with E-state index in [-0.39, 0.29) is 23.8 Å². The van der Waals surface area contributed by atoms with Crippen LogP contribution in [0.2, 0.25) is 0 Å². The van der Waals surface area contributed by atoms with Crippen molar-refractivity contribution in [3.8, 4) is 0 Å². The minimum absolute atomic E-state index is 0.0399. The van der Waals surface area contributed by atoms with Crippen molar-refractivity contribution in [3.05, 3.63) is 18.1 Å². The largest absolute Gasteiger partial charge is 0.359 e. The first-order chi connectivity index (χ1) is 11.2. The minimum atomic E-state index is -0.206. The number of nitrogens with zero attached hydrogens (tertiary/aromatic N) is 4. The third-order valence-corrected chi connectivity index (χ3v) is 5.00. The monoisotopic (exact) mass is 315 g/mol. The van der Waals surface area contributed by atoms with E-state index in [1.54, 1.807) is 7.05 Å². The lowest BCUT2D eigenvalue weighted by Crippen LogP contribution is -2.60. The lowest BCUT2D eigenvalue weighted by molar-refractivity contribution is -0.130. The summed E-state index contributed by atoms with van der Waals surface area (Å²) in [6, 6.07) is 2.12. The number of rotatable bonds is 4. The Morgan fingerprint density at radius 2 is 2.09 bits per heavy atom. The van der Waals surface area contributed by atoms with Crippen LogP contribution < -0.4 is 10.2 Å². The summed E-state index contributed by atoms with van der Waals surface area (Å²) < 4.78 is 0. The van der Waals surface area contributed by atoms with Crippen molar-refractivity contribution >= 4 is 17.6 Å². The molecule has 1 N–H and O–H groups in total. The first kappa shape index (κ1) is 14.4. The highest BCUT2D eigenvalue weighted by Gasteiger charge is 2.42. The third-order valence-electron chi connectivity index (χ3n) is 5.00. The number of carbonyl (C=O) groups is 2. The zero-order valence-corrected chi connectivity index (χ0v) is 13.2. The summed E-state index contributed by atoms with van der Waals surface area (Å²) in [5, 5.41) is 2.64. The topological polar surface area (TPSA) is 78.4 Å². The molecule has 3 heterocycles. The summed E-state index contributed by atoms with van der Waals surface area (Å²) >= 11 is 0. The van der Waals surface area contributed by atoms with Gasteiger partial charge in [0.25, 0.3) is 0 Å². The molecule has 2 saturated heterocycles. The van der Waals surface area contributed by atoms with Gasteiger partial charge in [-0.05, 0) is 18.9 Å². The van der Waals surface area contributed by atoms with Gasteiger partial charge >= 0.3 is 0 Å². The molecular weight excluding hydrogens is 294 g/mol. The second-order valence-electron chi connectivity index (χ2n) is 6.67. The molecule has 3 fully saturated rings. The summed E-state index contributed by atoms with van der Waals surface area (Å²) in [6.07, 6.45) is 4.53. The van der Waals surface area contributed by atoms with Gasteiger partial charge in [-0.2, -0.15) is 0 Å². The first-order valence-electron chi connectivity index (χ1n) is 8.24. The highest BCUT2D eigenvalue weighted by atomic mass is 16.2. The van der Waals surface area contributed by atoms with E-state index in [2.05, 4.69) is 20.2 Å². The van der Waals surface area contributed by atoms with Crippen molar-refractivity contribution in [1.29, 1.82) is 0 Å². The van der Waals surface area contributed by atoms with Crippen molar-refractivity contribution in [2.75, 3.05) is 31.6 Å². The number of amides is 2. The third kappa shape index (κ3) is 2.64. The summed E-state index contributed by atoms with van der Waals surface area (Å²) in [5.41, 5.74) is 0. The predicted molar refractivity (Wildman–Crippen MR) is 83.9 cm³/mol. The van der Waals surface area contributed by atoms with E-state index in [0.717, 1.165) is 24.7 Å². The summed E-state index contributed by atoms with van der Waals surface area (Å²) in [5.74, 6) is 2.28. The van der Waals surface area contributed by atoms with Crippen LogP contribution in [0.25, 0.3) is 0 Å². The van der Waals surface area contributed by atoms with Gasteiger partial charge in [-0.3, -0.25) is 9.59 Å². The number of hydrogen-bond acceptors (Lipinski definition) is 5. The Kier molecular flexibility index (Phi) is 3.43. The van der Waals surface area contributed by atoms with E-state index in [1.165, 1.54) is 12.8 Å². The van der Waals surface area contributed by atoms with Crippen LogP contribution in [0, 0.1) is 5.92 Å². The Hall–Kier alpha value is -2.18. The van der Waals surface area contributed by atoms with Crippen molar-refractivity contribution in [1.82, 2.24) is 20.2 Å². The van der Waals surface area contributed by atoms with Gasteiger partial charge in [-0.1, -0.05) is 0 Å². The number of anilines is 1. The fraction of sp³-hybridized carbons (Fsp3) is 0.625. The fourth-order valence-corrected chi connectivity index (χ4v) is 3.38. The number of likely N-dealkylation sites (tertiary alicyclic amines) is 1.